The predicted molar refractivity (Wildman–Crippen MR) is 80.0 cm³/mol. The lowest BCUT2D eigenvalue weighted by Crippen LogP contribution is -2.13. The summed E-state index contributed by atoms with van der Waals surface area (Å²) in [6, 6.07) is 5.34. The highest BCUT2D eigenvalue weighted by Gasteiger charge is 2.07. The van der Waals surface area contributed by atoms with Crippen LogP contribution in [0.3, 0.4) is 0 Å². The Bertz CT molecular complexity index is 617. The highest BCUT2D eigenvalue weighted by Crippen LogP contribution is 2.28. The van der Waals surface area contributed by atoms with Crippen molar-refractivity contribution < 1.29 is 0 Å². The third-order valence-electron chi connectivity index (χ3n) is 1.98. The maximum atomic E-state index is 11.4. The quantitative estimate of drug-likeness (QED) is 0.723. The summed E-state index contributed by atoms with van der Waals surface area (Å²) in [5.41, 5.74) is 0.624. The Morgan fingerprint density at radius 2 is 2.24 bits per heavy atom. The maximum Gasteiger partial charge on any atom is 0.266 e. The molecule has 0 radical (unpaired) electrons. The van der Waals surface area contributed by atoms with Crippen molar-refractivity contribution >= 4 is 61.6 Å². The summed E-state index contributed by atoms with van der Waals surface area (Å²) in [6.07, 6.45) is 1.36. The fraction of sp³-hybridized carbons (Fsp3) is 0. The van der Waals surface area contributed by atoms with Crippen LogP contribution < -0.4 is 10.9 Å². The van der Waals surface area contributed by atoms with E-state index in [0.29, 0.717) is 14.4 Å². The molecule has 88 valence electrons. The van der Waals surface area contributed by atoms with Crippen molar-refractivity contribution in [2.45, 2.75) is 0 Å². The van der Waals surface area contributed by atoms with E-state index in [1.54, 1.807) is 12.1 Å². The summed E-state index contributed by atoms with van der Waals surface area (Å²) < 4.78 is 1.31. The van der Waals surface area contributed by atoms with E-state index in [-0.39, 0.29) is 5.56 Å². The zero-order valence-corrected chi connectivity index (χ0v) is 12.8. The minimum absolute atomic E-state index is 0.173. The summed E-state index contributed by atoms with van der Waals surface area (Å²) in [5, 5.41) is 3.70. The Kier molecular flexibility index (Phi) is 4.05. The Balaban J connectivity index is 2.38. The first-order valence-corrected chi connectivity index (χ1v) is 6.78. The SMILES string of the molecule is O=c1[nH]cnc(Nc2ccc(Cl)cc2Br)c1I. The van der Waals surface area contributed by atoms with Gasteiger partial charge in [-0.3, -0.25) is 4.79 Å². The minimum Gasteiger partial charge on any atom is -0.338 e. The van der Waals surface area contributed by atoms with Gasteiger partial charge in [0.2, 0.25) is 0 Å². The lowest BCUT2D eigenvalue weighted by atomic mass is 10.3. The Labute approximate surface area is 124 Å². The lowest BCUT2D eigenvalue weighted by molar-refractivity contribution is 1.10. The second-order valence-corrected chi connectivity index (χ2v) is 5.51. The van der Waals surface area contributed by atoms with Gasteiger partial charge >= 0.3 is 0 Å². The van der Waals surface area contributed by atoms with Crippen LogP contribution in [0.1, 0.15) is 0 Å². The van der Waals surface area contributed by atoms with Crippen molar-refractivity contribution in [2.75, 3.05) is 5.32 Å². The monoisotopic (exact) mass is 425 g/mol. The van der Waals surface area contributed by atoms with Gasteiger partial charge in [0.15, 0.2) is 5.82 Å². The Hall–Kier alpha value is -0.600. The van der Waals surface area contributed by atoms with Crippen LogP contribution in [0.15, 0.2) is 33.8 Å². The van der Waals surface area contributed by atoms with Gasteiger partial charge in [0.05, 0.1) is 12.0 Å². The number of aromatic nitrogens is 2. The molecule has 0 spiro atoms. The van der Waals surface area contributed by atoms with Gasteiger partial charge in [-0.05, 0) is 56.7 Å². The minimum atomic E-state index is -0.173. The second-order valence-electron chi connectivity index (χ2n) is 3.14. The van der Waals surface area contributed by atoms with Gasteiger partial charge in [0.1, 0.15) is 3.57 Å². The van der Waals surface area contributed by atoms with Crippen molar-refractivity contribution in [2.24, 2.45) is 0 Å². The van der Waals surface area contributed by atoms with Crippen LogP contribution in [0.5, 0.6) is 0 Å². The van der Waals surface area contributed by atoms with Gasteiger partial charge in [-0.1, -0.05) is 11.6 Å². The maximum absolute atomic E-state index is 11.4. The molecule has 0 atom stereocenters. The summed E-state index contributed by atoms with van der Waals surface area (Å²) in [5.74, 6) is 0.511. The molecule has 17 heavy (non-hydrogen) atoms. The molecule has 0 aliphatic heterocycles. The molecule has 0 saturated heterocycles. The molecule has 0 unspecified atom stereocenters. The van der Waals surface area contributed by atoms with Crippen LogP contribution in [0.2, 0.25) is 5.02 Å². The molecule has 0 bridgehead atoms. The molecular weight excluding hydrogens is 420 g/mol. The largest absolute Gasteiger partial charge is 0.338 e. The van der Waals surface area contributed by atoms with E-state index in [0.717, 1.165) is 10.2 Å². The van der Waals surface area contributed by atoms with E-state index < -0.39 is 0 Å². The number of rotatable bonds is 2. The summed E-state index contributed by atoms with van der Waals surface area (Å²) >= 11 is 11.2. The molecule has 1 heterocycles. The number of aromatic amines is 1. The summed E-state index contributed by atoms with van der Waals surface area (Å²) in [7, 11) is 0. The number of halogens is 3. The third kappa shape index (κ3) is 2.99. The van der Waals surface area contributed by atoms with Crippen LogP contribution in [0.4, 0.5) is 11.5 Å². The van der Waals surface area contributed by atoms with Crippen LogP contribution in [0, 0.1) is 3.57 Å². The van der Waals surface area contributed by atoms with E-state index in [1.165, 1.54) is 6.33 Å². The molecule has 2 aromatic rings. The standard InChI is InChI=1S/C10H6BrClIN3O/c11-6-3-5(12)1-2-7(6)16-9-8(13)10(17)15-4-14-9/h1-4H,(H2,14,15,16,17). The number of hydrogen-bond donors (Lipinski definition) is 2. The number of anilines is 2. The molecule has 0 aliphatic rings. The second kappa shape index (κ2) is 5.36. The van der Waals surface area contributed by atoms with Crippen LogP contribution in [-0.4, -0.2) is 9.97 Å². The molecule has 7 heteroatoms. The number of H-pyrrole nitrogens is 1. The molecule has 1 aromatic carbocycles. The van der Waals surface area contributed by atoms with Gasteiger partial charge in [-0.2, -0.15) is 0 Å². The van der Waals surface area contributed by atoms with E-state index in [4.69, 9.17) is 11.6 Å². The number of hydrogen-bond acceptors (Lipinski definition) is 3. The molecule has 1 aromatic heterocycles. The molecule has 2 N–H and O–H groups in total. The predicted octanol–water partition coefficient (Wildman–Crippen LogP) is 3.53. The topological polar surface area (TPSA) is 57.8 Å². The van der Waals surface area contributed by atoms with E-state index >= 15 is 0 Å². The van der Waals surface area contributed by atoms with Crippen LogP contribution >= 0.6 is 50.1 Å². The number of nitrogens with zero attached hydrogens (tertiary/aromatic N) is 1. The first kappa shape index (κ1) is 12.8. The molecule has 0 saturated carbocycles. The lowest BCUT2D eigenvalue weighted by Gasteiger charge is -2.08. The smallest absolute Gasteiger partial charge is 0.266 e. The average Bonchev–Trinajstić information content (AvgIpc) is 2.28. The first-order chi connectivity index (χ1) is 8.08. The summed E-state index contributed by atoms with van der Waals surface area (Å²) in [4.78, 5) is 18.0. The van der Waals surface area contributed by atoms with Gasteiger partial charge in [0.25, 0.3) is 5.56 Å². The molecule has 4 nitrogen and oxygen atoms in total. The zero-order chi connectivity index (χ0) is 12.4. The Morgan fingerprint density at radius 1 is 1.47 bits per heavy atom. The zero-order valence-electron chi connectivity index (χ0n) is 8.30. The van der Waals surface area contributed by atoms with Crippen molar-refractivity contribution in [3.05, 3.63) is 47.9 Å². The molecular formula is C10H6BrClIN3O. The average molecular weight is 426 g/mol. The molecule has 0 amide bonds. The van der Waals surface area contributed by atoms with E-state index in [1.807, 2.05) is 28.7 Å². The molecule has 0 aliphatic carbocycles. The van der Waals surface area contributed by atoms with Gasteiger partial charge in [-0.15, -0.1) is 0 Å². The van der Waals surface area contributed by atoms with Gasteiger partial charge < -0.3 is 10.3 Å². The van der Waals surface area contributed by atoms with E-state index in [2.05, 4.69) is 31.2 Å². The van der Waals surface area contributed by atoms with Gasteiger partial charge in [-0.25, -0.2) is 4.98 Å². The molecule has 2 rings (SSSR count). The Morgan fingerprint density at radius 3 is 2.94 bits per heavy atom. The molecule has 0 fully saturated rings. The number of benzene rings is 1. The number of nitrogens with one attached hydrogen (secondary N) is 2. The van der Waals surface area contributed by atoms with Crippen LogP contribution in [0.25, 0.3) is 0 Å². The fourth-order valence-electron chi connectivity index (χ4n) is 1.19. The van der Waals surface area contributed by atoms with E-state index in [9.17, 15) is 4.79 Å². The van der Waals surface area contributed by atoms with Crippen molar-refractivity contribution in [3.8, 4) is 0 Å². The summed E-state index contributed by atoms with van der Waals surface area (Å²) in [6.45, 7) is 0. The van der Waals surface area contributed by atoms with Crippen molar-refractivity contribution in [1.82, 2.24) is 9.97 Å². The van der Waals surface area contributed by atoms with Gasteiger partial charge in [0, 0.05) is 9.50 Å². The van der Waals surface area contributed by atoms with Crippen molar-refractivity contribution in [1.29, 1.82) is 0 Å². The van der Waals surface area contributed by atoms with Crippen molar-refractivity contribution in [3.63, 3.8) is 0 Å². The first-order valence-electron chi connectivity index (χ1n) is 4.53. The highest BCUT2D eigenvalue weighted by molar-refractivity contribution is 14.1. The third-order valence-corrected chi connectivity index (χ3v) is 3.87. The normalized spacial score (nSPS) is 10.3. The van der Waals surface area contributed by atoms with Crippen LogP contribution in [-0.2, 0) is 0 Å². The fourth-order valence-corrected chi connectivity index (χ4v) is 2.40. The highest BCUT2D eigenvalue weighted by atomic mass is 127.